The molecule has 0 aliphatic carbocycles. The Balaban J connectivity index is 2.06. The quantitative estimate of drug-likeness (QED) is 0.721. The zero-order valence-corrected chi connectivity index (χ0v) is 17.6. The number of esters is 1. The summed E-state index contributed by atoms with van der Waals surface area (Å²) >= 11 is 0. The molecule has 0 N–H and O–H groups in total. The molecule has 6 nitrogen and oxygen atoms in total. The van der Waals surface area contributed by atoms with Gasteiger partial charge in [-0.2, -0.15) is 0 Å². The second-order valence-corrected chi connectivity index (χ2v) is 7.33. The monoisotopic (exact) mass is 397 g/mol. The molecule has 2 aromatic rings. The smallest absolute Gasteiger partial charge is 0.307 e. The summed E-state index contributed by atoms with van der Waals surface area (Å²) in [5.41, 5.74) is 4.61. The highest BCUT2D eigenvalue weighted by Crippen LogP contribution is 2.40. The molecule has 29 heavy (non-hydrogen) atoms. The first-order valence-corrected chi connectivity index (χ1v) is 9.58. The topological polar surface area (TPSA) is 65.1 Å². The Kier molecular flexibility index (Phi) is 6.11. The van der Waals surface area contributed by atoms with E-state index in [-0.39, 0.29) is 18.3 Å². The van der Waals surface area contributed by atoms with Crippen LogP contribution in [0.4, 0.5) is 0 Å². The second-order valence-electron chi connectivity index (χ2n) is 7.33. The van der Waals surface area contributed by atoms with Crippen molar-refractivity contribution in [3.8, 4) is 11.5 Å². The lowest BCUT2D eigenvalue weighted by molar-refractivity contribution is -0.141. The fourth-order valence-electron chi connectivity index (χ4n) is 4.00. The van der Waals surface area contributed by atoms with E-state index in [9.17, 15) is 9.59 Å². The SMILES string of the molecule is COC(=O)CC1c2cc(OC)c(OC)cc2CCN1C(=O)c1cc(C)cc(C)c1. The first-order valence-electron chi connectivity index (χ1n) is 9.58. The highest BCUT2D eigenvalue weighted by Gasteiger charge is 2.34. The summed E-state index contributed by atoms with van der Waals surface area (Å²) in [5, 5.41) is 0. The van der Waals surface area contributed by atoms with Crippen LogP contribution in [0.5, 0.6) is 11.5 Å². The summed E-state index contributed by atoms with van der Waals surface area (Å²) < 4.78 is 15.8. The Morgan fingerprint density at radius 2 is 1.59 bits per heavy atom. The number of carbonyl (C=O) groups is 2. The van der Waals surface area contributed by atoms with Crippen LogP contribution >= 0.6 is 0 Å². The summed E-state index contributed by atoms with van der Waals surface area (Å²) in [4.78, 5) is 27.3. The van der Waals surface area contributed by atoms with Crippen LogP contribution in [-0.4, -0.2) is 44.7 Å². The molecule has 0 saturated heterocycles. The zero-order chi connectivity index (χ0) is 21.1. The van der Waals surface area contributed by atoms with Gasteiger partial charge in [-0.15, -0.1) is 0 Å². The fourth-order valence-corrected chi connectivity index (χ4v) is 4.00. The molecule has 2 aromatic carbocycles. The van der Waals surface area contributed by atoms with E-state index < -0.39 is 6.04 Å². The lowest BCUT2D eigenvalue weighted by atomic mass is 9.89. The molecule has 1 aliphatic rings. The van der Waals surface area contributed by atoms with Gasteiger partial charge in [0.15, 0.2) is 11.5 Å². The number of carbonyl (C=O) groups excluding carboxylic acids is 2. The van der Waals surface area contributed by atoms with Crippen LogP contribution in [-0.2, 0) is 16.0 Å². The number of methoxy groups -OCH3 is 3. The lowest BCUT2D eigenvalue weighted by Crippen LogP contribution is -2.41. The molecular formula is C23H27NO5. The minimum absolute atomic E-state index is 0.0789. The van der Waals surface area contributed by atoms with E-state index in [2.05, 4.69) is 0 Å². The predicted octanol–water partition coefficient (Wildman–Crippen LogP) is 3.62. The van der Waals surface area contributed by atoms with Gasteiger partial charge in [0.1, 0.15) is 0 Å². The first kappa shape index (κ1) is 20.7. The predicted molar refractivity (Wildman–Crippen MR) is 110 cm³/mol. The van der Waals surface area contributed by atoms with Gasteiger partial charge in [-0.3, -0.25) is 9.59 Å². The summed E-state index contributed by atoms with van der Waals surface area (Å²) in [6.07, 6.45) is 0.749. The van der Waals surface area contributed by atoms with Gasteiger partial charge in [-0.1, -0.05) is 17.2 Å². The Hall–Kier alpha value is -3.02. The van der Waals surface area contributed by atoms with Crippen LogP contribution in [0.3, 0.4) is 0 Å². The van der Waals surface area contributed by atoms with E-state index in [1.165, 1.54) is 7.11 Å². The van der Waals surface area contributed by atoms with Crippen LogP contribution < -0.4 is 9.47 Å². The third-order valence-corrected chi connectivity index (χ3v) is 5.32. The molecule has 0 fully saturated rings. The number of hydrogen-bond acceptors (Lipinski definition) is 5. The second kappa shape index (κ2) is 8.55. The number of aryl methyl sites for hydroxylation is 2. The molecule has 1 atom stereocenters. The highest BCUT2D eigenvalue weighted by molar-refractivity contribution is 5.95. The minimum Gasteiger partial charge on any atom is -0.493 e. The van der Waals surface area contributed by atoms with Crippen LogP contribution in [0, 0.1) is 13.8 Å². The Labute approximate surface area is 171 Å². The molecule has 0 aromatic heterocycles. The maximum absolute atomic E-state index is 13.4. The van der Waals surface area contributed by atoms with Crippen molar-refractivity contribution in [2.24, 2.45) is 0 Å². The third kappa shape index (κ3) is 4.21. The van der Waals surface area contributed by atoms with Crippen molar-refractivity contribution >= 4 is 11.9 Å². The highest BCUT2D eigenvalue weighted by atomic mass is 16.5. The molecule has 154 valence electrons. The van der Waals surface area contributed by atoms with Gasteiger partial charge in [-0.25, -0.2) is 0 Å². The van der Waals surface area contributed by atoms with Crippen LogP contribution in [0.15, 0.2) is 30.3 Å². The van der Waals surface area contributed by atoms with Crippen LogP contribution in [0.1, 0.15) is 45.1 Å². The standard InChI is InChI=1S/C23H27NO5/c1-14-8-15(2)10-17(9-14)23(26)24-7-6-16-11-20(27-3)21(28-4)12-18(16)19(24)13-22(25)29-5/h8-12,19H,6-7,13H2,1-5H3. The number of hydrogen-bond donors (Lipinski definition) is 0. The van der Waals surface area contributed by atoms with Crippen molar-refractivity contribution in [3.05, 3.63) is 58.1 Å². The Morgan fingerprint density at radius 3 is 2.17 bits per heavy atom. The molecular weight excluding hydrogens is 370 g/mol. The largest absolute Gasteiger partial charge is 0.493 e. The van der Waals surface area contributed by atoms with Gasteiger partial charge in [0.05, 0.1) is 33.8 Å². The van der Waals surface area contributed by atoms with Crippen molar-refractivity contribution < 1.29 is 23.8 Å². The summed E-state index contributed by atoms with van der Waals surface area (Å²) in [6, 6.07) is 9.16. The minimum atomic E-state index is -0.431. The molecule has 3 rings (SSSR count). The van der Waals surface area contributed by atoms with E-state index in [1.54, 1.807) is 19.1 Å². The van der Waals surface area contributed by atoms with Crippen LogP contribution in [0.25, 0.3) is 0 Å². The average molecular weight is 397 g/mol. The fraction of sp³-hybridized carbons (Fsp3) is 0.391. The average Bonchev–Trinajstić information content (AvgIpc) is 2.71. The van der Waals surface area contributed by atoms with Crippen molar-refractivity contribution in [2.45, 2.75) is 32.7 Å². The Morgan fingerprint density at radius 1 is 0.966 bits per heavy atom. The van der Waals surface area contributed by atoms with Gasteiger partial charge in [-0.05, 0) is 55.7 Å². The molecule has 0 radical (unpaired) electrons. The number of benzene rings is 2. The number of rotatable bonds is 5. The number of fused-ring (bicyclic) bond motifs is 1. The third-order valence-electron chi connectivity index (χ3n) is 5.32. The van der Waals surface area contributed by atoms with E-state index in [4.69, 9.17) is 14.2 Å². The van der Waals surface area contributed by atoms with Gasteiger partial charge in [0, 0.05) is 12.1 Å². The summed E-state index contributed by atoms with van der Waals surface area (Å²) in [7, 11) is 4.52. The molecule has 6 heteroatoms. The molecule has 1 heterocycles. The van der Waals surface area contributed by atoms with Crippen molar-refractivity contribution in [3.63, 3.8) is 0 Å². The molecule has 0 bridgehead atoms. The van der Waals surface area contributed by atoms with Crippen molar-refractivity contribution in [2.75, 3.05) is 27.9 Å². The van der Waals surface area contributed by atoms with E-state index in [1.807, 2.05) is 44.2 Å². The van der Waals surface area contributed by atoms with Gasteiger partial charge < -0.3 is 19.1 Å². The van der Waals surface area contributed by atoms with Crippen molar-refractivity contribution in [1.29, 1.82) is 0 Å². The van der Waals surface area contributed by atoms with Gasteiger partial charge in [0.25, 0.3) is 5.91 Å². The number of amides is 1. The summed E-state index contributed by atoms with van der Waals surface area (Å²) in [5.74, 6) is 0.751. The number of nitrogens with zero attached hydrogens (tertiary/aromatic N) is 1. The molecule has 0 saturated carbocycles. The van der Waals surface area contributed by atoms with Gasteiger partial charge in [0.2, 0.25) is 0 Å². The van der Waals surface area contributed by atoms with Crippen LogP contribution in [0.2, 0.25) is 0 Å². The summed E-state index contributed by atoms with van der Waals surface area (Å²) in [6.45, 7) is 4.45. The normalized spacial score (nSPS) is 15.5. The van der Waals surface area contributed by atoms with Gasteiger partial charge >= 0.3 is 5.97 Å². The lowest BCUT2D eigenvalue weighted by Gasteiger charge is -2.37. The molecule has 1 unspecified atom stereocenters. The Bertz CT molecular complexity index is 917. The molecule has 1 aliphatic heterocycles. The van der Waals surface area contributed by atoms with E-state index in [0.717, 1.165) is 22.3 Å². The van der Waals surface area contributed by atoms with E-state index >= 15 is 0 Å². The van der Waals surface area contributed by atoms with Crippen molar-refractivity contribution in [1.82, 2.24) is 4.90 Å². The first-order chi connectivity index (χ1) is 13.9. The maximum Gasteiger partial charge on any atom is 0.307 e. The number of ether oxygens (including phenoxy) is 3. The molecule has 1 amide bonds. The zero-order valence-electron chi connectivity index (χ0n) is 17.6. The van der Waals surface area contributed by atoms with E-state index in [0.29, 0.717) is 30.0 Å². The molecule has 0 spiro atoms. The maximum atomic E-state index is 13.4.